The second kappa shape index (κ2) is 5.87. The van der Waals surface area contributed by atoms with E-state index < -0.39 is 11.9 Å². The Morgan fingerprint density at radius 2 is 1.31 bits per heavy atom. The molecule has 5 nitrogen and oxygen atoms in total. The zero-order valence-corrected chi connectivity index (χ0v) is 9.54. The maximum absolute atomic E-state index is 9.10. The first-order valence-electron chi connectivity index (χ1n) is 4.58. The van der Waals surface area contributed by atoms with Gasteiger partial charge in [-0.2, -0.15) is 0 Å². The Bertz CT molecular complexity index is 342. The van der Waals surface area contributed by atoms with Gasteiger partial charge in [0.05, 0.1) is 21.1 Å². The molecule has 0 spiro atoms. The van der Waals surface area contributed by atoms with E-state index in [4.69, 9.17) is 19.8 Å². The topological polar surface area (TPSA) is 74.6 Å². The van der Waals surface area contributed by atoms with Gasteiger partial charge >= 0.3 is 11.9 Å². The standard InChI is InChI=1S/C9H14N.C2H2O4/c1-10(2,3)9-7-5-4-6-8-9;3-1(4)2(5)6/h4-8H,1-3H3;(H,3,4)(H,5,6)/q+1;. The van der Waals surface area contributed by atoms with Gasteiger partial charge in [-0.15, -0.1) is 0 Å². The van der Waals surface area contributed by atoms with Crippen LogP contribution in [0.3, 0.4) is 0 Å². The number of aliphatic carboxylic acids is 2. The number of carboxylic acids is 2. The van der Waals surface area contributed by atoms with E-state index in [-0.39, 0.29) is 0 Å². The number of carbonyl (C=O) groups is 2. The molecule has 88 valence electrons. The highest BCUT2D eigenvalue weighted by Crippen LogP contribution is 2.14. The maximum Gasteiger partial charge on any atom is 0.414 e. The Hall–Kier alpha value is -1.88. The Balaban J connectivity index is 0.000000325. The second-order valence-corrected chi connectivity index (χ2v) is 3.96. The average Bonchev–Trinajstić information content (AvgIpc) is 2.18. The predicted molar refractivity (Wildman–Crippen MR) is 61.3 cm³/mol. The van der Waals surface area contributed by atoms with Gasteiger partial charge in [0.15, 0.2) is 0 Å². The van der Waals surface area contributed by atoms with E-state index in [2.05, 4.69) is 45.4 Å². The molecule has 0 heterocycles. The molecule has 0 aromatic heterocycles. The summed E-state index contributed by atoms with van der Waals surface area (Å²) in [5, 5.41) is 14.8. The van der Waals surface area contributed by atoms with Crippen LogP contribution in [0.2, 0.25) is 0 Å². The van der Waals surface area contributed by atoms with Crippen LogP contribution in [0.4, 0.5) is 5.69 Å². The van der Waals surface area contributed by atoms with Crippen molar-refractivity contribution in [2.75, 3.05) is 21.1 Å². The fourth-order valence-electron chi connectivity index (χ4n) is 0.875. The first-order chi connectivity index (χ1) is 7.25. The van der Waals surface area contributed by atoms with Crippen LogP contribution in [0.1, 0.15) is 0 Å². The Morgan fingerprint density at radius 1 is 0.938 bits per heavy atom. The number of nitrogens with zero attached hydrogens (tertiary/aromatic N) is 1. The lowest BCUT2D eigenvalue weighted by Crippen LogP contribution is -2.34. The lowest BCUT2D eigenvalue weighted by atomic mass is 10.3. The maximum atomic E-state index is 9.10. The van der Waals surface area contributed by atoms with E-state index in [1.54, 1.807) is 0 Å². The molecule has 0 saturated heterocycles. The molecule has 0 aliphatic rings. The van der Waals surface area contributed by atoms with E-state index >= 15 is 0 Å². The molecule has 1 rings (SSSR count). The molecule has 0 radical (unpaired) electrons. The Morgan fingerprint density at radius 3 is 1.50 bits per heavy atom. The highest BCUT2D eigenvalue weighted by molar-refractivity contribution is 6.27. The summed E-state index contributed by atoms with van der Waals surface area (Å²) in [7, 11) is 6.49. The molecule has 0 saturated carbocycles. The van der Waals surface area contributed by atoms with Gasteiger partial charge in [-0.3, -0.25) is 4.48 Å². The van der Waals surface area contributed by atoms with Gasteiger partial charge in [0.1, 0.15) is 5.69 Å². The monoisotopic (exact) mass is 226 g/mol. The molecule has 1 aromatic rings. The highest BCUT2D eigenvalue weighted by atomic mass is 16.4. The summed E-state index contributed by atoms with van der Waals surface area (Å²) < 4.78 is 0.890. The highest BCUT2D eigenvalue weighted by Gasteiger charge is 2.08. The van der Waals surface area contributed by atoms with E-state index in [9.17, 15) is 0 Å². The average molecular weight is 226 g/mol. The number of benzene rings is 1. The van der Waals surface area contributed by atoms with Crippen molar-refractivity contribution in [1.29, 1.82) is 0 Å². The Kier molecular flexibility index (Phi) is 5.18. The lowest BCUT2D eigenvalue weighted by molar-refractivity contribution is -0.159. The van der Waals surface area contributed by atoms with Crippen LogP contribution in [0, 0.1) is 0 Å². The van der Waals surface area contributed by atoms with Crippen molar-refractivity contribution >= 4 is 17.6 Å². The largest absolute Gasteiger partial charge is 0.473 e. The summed E-state index contributed by atoms with van der Waals surface area (Å²) in [6.45, 7) is 0. The lowest BCUT2D eigenvalue weighted by Gasteiger charge is -2.22. The fourth-order valence-corrected chi connectivity index (χ4v) is 0.875. The summed E-state index contributed by atoms with van der Waals surface area (Å²) in [4.78, 5) is 18.2. The summed E-state index contributed by atoms with van der Waals surface area (Å²) in [5.74, 6) is -3.65. The molecule has 0 amide bonds. The third-order valence-corrected chi connectivity index (χ3v) is 1.71. The van der Waals surface area contributed by atoms with Crippen molar-refractivity contribution in [3.05, 3.63) is 30.3 Å². The molecule has 5 heteroatoms. The molecule has 0 atom stereocenters. The summed E-state index contributed by atoms with van der Waals surface area (Å²) in [5.41, 5.74) is 1.34. The molecule has 0 bridgehead atoms. The van der Waals surface area contributed by atoms with Gasteiger partial charge in [0.25, 0.3) is 0 Å². The van der Waals surface area contributed by atoms with Crippen LogP contribution in [0.5, 0.6) is 0 Å². The first kappa shape index (κ1) is 14.1. The fraction of sp³-hybridized carbons (Fsp3) is 0.273. The molecule has 2 N–H and O–H groups in total. The molecule has 16 heavy (non-hydrogen) atoms. The first-order valence-corrected chi connectivity index (χ1v) is 4.58. The summed E-state index contributed by atoms with van der Waals surface area (Å²) >= 11 is 0. The molecule has 0 aliphatic carbocycles. The molecular formula is C11H16NO4+. The Labute approximate surface area is 94.1 Å². The molecular weight excluding hydrogens is 210 g/mol. The van der Waals surface area contributed by atoms with E-state index in [1.807, 2.05) is 6.07 Å². The van der Waals surface area contributed by atoms with Crippen molar-refractivity contribution in [3.8, 4) is 0 Å². The normalized spacial score (nSPS) is 9.94. The van der Waals surface area contributed by atoms with E-state index in [0.717, 1.165) is 4.48 Å². The third kappa shape index (κ3) is 5.77. The van der Waals surface area contributed by atoms with Gasteiger partial charge in [-0.25, -0.2) is 9.59 Å². The van der Waals surface area contributed by atoms with Crippen LogP contribution in [-0.2, 0) is 9.59 Å². The number of rotatable bonds is 1. The predicted octanol–water partition coefficient (Wildman–Crippen LogP) is 1.04. The zero-order valence-electron chi connectivity index (χ0n) is 9.54. The number of para-hydroxylation sites is 1. The second-order valence-electron chi connectivity index (χ2n) is 3.96. The van der Waals surface area contributed by atoms with Gasteiger partial charge in [0, 0.05) is 0 Å². The minimum Gasteiger partial charge on any atom is -0.473 e. The van der Waals surface area contributed by atoms with E-state index in [1.165, 1.54) is 5.69 Å². The van der Waals surface area contributed by atoms with Crippen molar-refractivity contribution in [2.45, 2.75) is 0 Å². The van der Waals surface area contributed by atoms with Gasteiger partial charge in [0.2, 0.25) is 0 Å². The van der Waals surface area contributed by atoms with Crippen LogP contribution in [0.15, 0.2) is 30.3 Å². The zero-order chi connectivity index (χ0) is 12.8. The van der Waals surface area contributed by atoms with Crippen molar-refractivity contribution in [3.63, 3.8) is 0 Å². The third-order valence-electron chi connectivity index (χ3n) is 1.71. The van der Waals surface area contributed by atoms with E-state index in [0.29, 0.717) is 0 Å². The number of hydrogen-bond donors (Lipinski definition) is 2. The number of quaternary nitrogens is 1. The molecule has 1 aromatic carbocycles. The smallest absolute Gasteiger partial charge is 0.414 e. The quantitative estimate of drug-likeness (QED) is 0.554. The SMILES string of the molecule is C[N+](C)(C)c1ccccc1.O=C(O)C(=O)O. The van der Waals surface area contributed by atoms with Crippen LogP contribution < -0.4 is 4.48 Å². The summed E-state index contributed by atoms with van der Waals surface area (Å²) in [6.07, 6.45) is 0. The van der Waals surface area contributed by atoms with Crippen molar-refractivity contribution in [1.82, 2.24) is 4.48 Å². The van der Waals surface area contributed by atoms with Gasteiger partial charge in [-0.05, 0) is 12.1 Å². The summed E-state index contributed by atoms with van der Waals surface area (Å²) in [6, 6.07) is 10.5. The van der Waals surface area contributed by atoms with Crippen molar-refractivity contribution < 1.29 is 19.8 Å². The minimum atomic E-state index is -1.82. The van der Waals surface area contributed by atoms with Crippen molar-refractivity contribution in [2.24, 2.45) is 0 Å². The van der Waals surface area contributed by atoms with Crippen LogP contribution >= 0.6 is 0 Å². The molecule has 0 aliphatic heterocycles. The minimum absolute atomic E-state index is 0.890. The van der Waals surface area contributed by atoms with Gasteiger partial charge in [-0.1, -0.05) is 18.2 Å². The number of hydrogen-bond acceptors (Lipinski definition) is 2. The molecule has 0 unspecified atom stereocenters. The van der Waals surface area contributed by atoms with Crippen LogP contribution in [-0.4, -0.2) is 43.3 Å². The molecule has 0 fully saturated rings. The van der Waals surface area contributed by atoms with Crippen LogP contribution in [0.25, 0.3) is 0 Å². The number of carboxylic acid groups (broad SMARTS) is 2. The van der Waals surface area contributed by atoms with Gasteiger partial charge < -0.3 is 10.2 Å².